The fraction of sp³-hybridized carbons (Fsp3) is 1.00. The van der Waals surface area contributed by atoms with E-state index in [1.165, 1.54) is 45.4 Å². The average molecular weight is 297 g/mol. The van der Waals surface area contributed by atoms with Crippen molar-refractivity contribution in [3.05, 3.63) is 0 Å². The van der Waals surface area contributed by atoms with Crippen LogP contribution in [0.25, 0.3) is 0 Å². The molecule has 21 heavy (non-hydrogen) atoms. The lowest BCUT2D eigenvalue weighted by atomic mass is 9.81. The third kappa shape index (κ3) is 4.65. The van der Waals surface area contributed by atoms with E-state index in [-0.39, 0.29) is 5.54 Å². The van der Waals surface area contributed by atoms with E-state index in [2.05, 4.69) is 42.9 Å². The quantitative estimate of drug-likeness (QED) is 0.757. The SMILES string of the molecule is CCCNCC1(CN2CCN(C)C(C)(C)C2)CCCOC1. The van der Waals surface area contributed by atoms with Crippen LogP contribution in [0.5, 0.6) is 0 Å². The van der Waals surface area contributed by atoms with E-state index in [9.17, 15) is 0 Å². The number of ether oxygens (including phenoxy) is 1. The Bertz CT molecular complexity index is 313. The molecule has 0 radical (unpaired) electrons. The third-order valence-corrected chi connectivity index (χ3v) is 5.29. The molecule has 1 unspecified atom stereocenters. The first-order valence-electron chi connectivity index (χ1n) is 8.70. The van der Waals surface area contributed by atoms with Crippen LogP contribution in [-0.2, 0) is 4.74 Å². The van der Waals surface area contributed by atoms with Gasteiger partial charge in [-0.1, -0.05) is 6.92 Å². The van der Waals surface area contributed by atoms with Crippen molar-refractivity contribution in [3.63, 3.8) is 0 Å². The van der Waals surface area contributed by atoms with Gasteiger partial charge in [0.15, 0.2) is 0 Å². The second kappa shape index (κ2) is 7.40. The molecule has 4 nitrogen and oxygen atoms in total. The summed E-state index contributed by atoms with van der Waals surface area (Å²) >= 11 is 0. The summed E-state index contributed by atoms with van der Waals surface area (Å²) in [5.41, 5.74) is 0.602. The molecular weight excluding hydrogens is 262 g/mol. The largest absolute Gasteiger partial charge is 0.381 e. The first-order valence-corrected chi connectivity index (χ1v) is 8.70. The van der Waals surface area contributed by atoms with Gasteiger partial charge in [-0.3, -0.25) is 9.80 Å². The topological polar surface area (TPSA) is 27.7 Å². The van der Waals surface area contributed by atoms with Crippen LogP contribution in [-0.4, -0.2) is 74.9 Å². The highest BCUT2D eigenvalue weighted by Crippen LogP contribution is 2.31. The fourth-order valence-corrected chi connectivity index (χ4v) is 3.71. The van der Waals surface area contributed by atoms with Crippen molar-refractivity contribution in [2.24, 2.45) is 5.41 Å². The Balaban J connectivity index is 1.94. The molecule has 2 fully saturated rings. The smallest absolute Gasteiger partial charge is 0.0546 e. The Morgan fingerprint density at radius 2 is 2.05 bits per heavy atom. The number of nitrogens with zero attached hydrogens (tertiary/aromatic N) is 2. The first kappa shape index (κ1) is 17.2. The van der Waals surface area contributed by atoms with Crippen LogP contribution in [0, 0.1) is 5.41 Å². The normalized spacial score (nSPS) is 31.4. The molecule has 0 aromatic rings. The van der Waals surface area contributed by atoms with Gasteiger partial charge < -0.3 is 10.1 Å². The molecule has 2 aliphatic heterocycles. The van der Waals surface area contributed by atoms with E-state index in [4.69, 9.17) is 4.74 Å². The van der Waals surface area contributed by atoms with Crippen LogP contribution in [0.15, 0.2) is 0 Å². The van der Waals surface area contributed by atoms with Crippen LogP contribution in [0.1, 0.15) is 40.0 Å². The summed E-state index contributed by atoms with van der Waals surface area (Å²) in [6.07, 6.45) is 3.72. The highest BCUT2D eigenvalue weighted by Gasteiger charge is 2.38. The van der Waals surface area contributed by atoms with Crippen LogP contribution in [0.4, 0.5) is 0 Å². The van der Waals surface area contributed by atoms with E-state index >= 15 is 0 Å². The number of nitrogens with one attached hydrogen (secondary N) is 1. The maximum absolute atomic E-state index is 5.85. The van der Waals surface area contributed by atoms with Crippen molar-refractivity contribution in [1.29, 1.82) is 0 Å². The van der Waals surface area contributed by atoms with Gasteiger partial charge in [-0.15, -0.1) is 0 Å². The number of likely N-dealkylation sites (N-methyl/N-ethyl adjacent to an activating group) is 1. The molecule has 124 valence electrons. The van der Waals surface area contributed by atoms with Crippen LogP contribution in [0.2, 0.25) is 0 Å². The predicted molar refractivity (Wildman–Crippen MR) is 88.8 cm³/mol. The molecule has 0 aromatic heterocycles. The minimum atomic E-state index is 0.284. The van der Waals surface area contributed by atoms with Crippen molar-refractivity contribution in [3.8, 4) is 0 Å². The first-order chi connectivity index (χ1) is 9.97. The molecule has 0 aliphatic carbocycles. The highest BCUT2D eigenvalue weighted by molar-refractivity contribution is 4.93. The minimum Gasteiger partial charge on any atom is -0.381 e. The van der Waals surface area contributed by atoms with E-state index < -0.39 is 0 Å². The average Bonchev–Trinajstić information content (AvgIpc) is 2.44. The maximum atomic E-state index is 5.85. The Morgan fingerprint density at radius 3 is 2.67 bits per heavy atom. The van der Waals surface area contributed by atoms with E-state index in [1.54, 1.807) is 0 Å². The molecule has 0 amide bonds. The van der Waals surface area contributed by atoms with E-state index in [0.717, 1.165) is 26.3 Å². The van der Waals surface area contributed by atoms with Crippen molar-refractivity contribution in [2.45, 2.75) is 45.6 Å². The molecule has 0 aromatic carbocycles. The summed E-state index contributed by atoms with van der Waals surface area (Å²) in [5, 5.41) is 3.65. The summed E-state index contributed by atoms with van der Waals surface area (Å²) in [6.45, 7) is 15.8. The Morgan fingerprint density at radius 1 is 1.24 bits per heavy atom. The molecule has 2 saturated heterocycles. The maximum Gasteiger partial charge on any atom is 0.0546 e. The lowest BCUT2D eigenvalue weighted by Crippen LogP contribution is -2.60. The molecule has 2 heterocycles. The second-order valence-corrected chi connectivity index (χ2v) is 7.78. The summed E-state index contributed by atoms with van der Waals surface area (Å²) < 4.78 is 5.85. The molecular formula is C17H35N3O. The van der Waals surface area contributed by atoms with Gasteiger partial charge in [0.1, 0.15) is 0 Å². The summed E-state index contributed by atoms with van der Waals surface area (Å²) in [4.78, 5) is 5.16. The molecule has 0 bridgehead atoms. The van der Waals surface area contributed by atoms with Crippen LogP contribution >= 0.6 is 0 Å². The molecule has 2 rings (SSSR count). The standard InChI is InChI=1S/C17H35N3O/c1-5-8-18-12-17(7-6-11-21-15-17)14-20-10-9-19(4)16(2,3)13-20/h18H,5-15H2,1-4H3. The van der Waals surface area contributed by atoms with Gasteiger partial charge in [-0.25, -0.2) is 0 Å². The number of rotatable bonds is 6. The van der Waals surface area contributed by atoms with E-state index in [0.29, 0.717) is 5.41 Å². The zero-order chi connectivity index (χ0) is 15.3. The molecule has 1 atom stereocenters. The van der Waals surface area contributed by atoms with Crippen molar-refractivity contribution >= 4 is 0 Å². The van der Waals surface area contributed by atoms with Gasteiger partial charge in [-0.05, 0) is 46.7 Å². The Labute approximate surface area is 131 Å². The third-order valence-electron chi connectivity index (χ3n) is 5.29. The molecule has 0 spiro atoms. The van der Waals surface area contributed by atoms with Gasteiger partial charge in [0, 0.05) is 50.3 Å². The van der Waals surface area contributed by atoms with E-state index in [1.807, 2.05) is 0 Å². The number of hydrogen-bond acceptors (Lipinski definition) is 4. The fourth-order valence-electron chi connectivity index (χ4n) is 3.71. The molecule has 4 heteroatoms. The Kier molecular flexibility index (Phi) is 6.06. The second-order valence-electron chi connectivity index (χ2n) is 7.78. The molecule has 2 aliphatic rings. The zero-order valence-electron chi connectivity index (χ0n) is 14.6. The Hall–Kier alpha value is -0.160. The molecule has 0 saturated carbocycles. The van der Waals surface area contributed by atoms with Crippen LogP contribution in [0.3, 0.4) is 0 Å². The number of hydrogen-bond donors (Lipinski definition) is 1. The summed E-state index contributed by atoms with van der Waals surface area (Å²) in [5.74, 6) is 0. The lowest BCUT2D eigenvalue weighted by molar-refractivity contribution is -0.0464. The van der Waals surface area contributed by atoms with Crippen LogP contribution < -0.4 is 5.32 Å². The van der Waals surface area contributed by atoms with Gasteiger partial charge in [0.25, 0.3) is 0 Å². The van der Waals surface area contributed by atoms with Gasteiger partial charge >= 0.3 is 0 Å². The van der Waals surface area contributed by atoms with Gasteiger partial charge in [-0.2, -0.15) is 0 Å². The van der Waals surface area contributed by atoms with Gasteiger partial charge in [0.05, 0.1) is 6.61 Å². The molecule has 1 N–H and O–H groups in total. The monoisotopic (exact) mass is 297 g/mol. The van der Waals surface area contributed by atoms with Crippen molar-refractivity contribution in [1.82, 2.24) is 15.1 Å². The predicted octanol–water partition coefficient (Wildman–Crippen LogP) is 1.81. The zero-order valence-corrected chi connectivity index (χ0v) is 14.6. The van der Waals surface area contributed by atoms with Gasteiger partial charge in [0.2, 0.25) is 0 Å². The minimum absolute atomic E-state index is 0.284. The summed E-state index contributed by atoms with van der Waals surface area (Å²) in [6, 6.07) is 0. The van der Waals surface area contributed by atoms with Crippen molar-refractivity contribution in [2.75, 3.05) is 59.5 Å². The summed E-state index contributed by atoms with van der Waals surface area (Å²) in [7, 11) is 2.25. The lowest BCUT2D eigenvalue weighted by Gasteiger charge is -2.49. The highest BCUT2D eigenvalue weighted by atomic mass is 16.5. The van der Waals surface area contributed by atoms with Crippen molar-refractivity contribution < 1.29 is 4.74 Å². The number of piperazine rings is 1.